The first-order valence-electron chi connectivity index (χ1n) is 9.63. The van der Waals surface area contributed by atoms with Crippen LogP contribution < -0.4 is 10.1 Å². The molecule has 2 aromatic carbocycles. The fraction of sp³-hybridized carbons (Fsp3) is 0.174. The standard InChI is InChI=1S/C23H21N3O2S2/c1-15(2)14-28-19-10-8-16(9-11-19)21-17(12-20-22(27)24-23(29)30-20)13-26(25-21)18-6-4-3-5-7-18/h3-13,15H,14H2,1-2H3,(H,24,27,29). The van der Waals surface area contributed by atoms with E-state index in [4.69, 9.17) is 22.1 Å². The summed E-state index contributed by atoms with van der Waals surface area (Å²) in [5, 5.41) is 7.46. The summed E-state index contributed by atoms with van der Waals surface area (Å²) in [6.45, 7) is 4.91. The number of carbonyl (C=O) groups excluding carboxylic acids is 1. The van der Waals surface area contributed by atoms with Crippen molar-refractivity contribution in [2.75, 3.05) is 6.61 Å². The molecule has 0 unspecified atom stereocenters. The van der Waals surface area contributed by atoms with Gasteiger partial charge >= 0.3 is 0 Å². The van der Waals surface area contributed by atoms with Gasteiger partial charge in [-0.05, 0) is 48.4 Å². The van der Waals surface area contributed by atoms with E-state index in [0.29, 0.717) is 21.8 Å². The van der Waals surface area contributed by atoms with Crippen LogP contribution in [-0.4, -0.2) is 26.6 Å². The van der Waals surface area contributed by atoms with Crippen LogP contribution in [0, 0.1) is 5.92 Å². The number of hydrogen-bond donors (Lipinski definition) is 1. The zero-order valence-electron chi connectivity index (χ0n) is 16.7. The second-order valence-electron chi connectivity index (χ2n) is 7.29. The number of carbonyl (C=O) groups is 1. The Morgan fingerprint density at radius 2 is 1.90 bits per heavy atom. The van der Waals surface area contributed by atoms with Crippen molar-refractivity contribution < 1.29 is 9.53 Å². The Morgan fingerprint density at radius 3 is 2.53 bits per heavy atom. The lowest BCUT2D eigenvalue weighted by Gasteiger charge is -2.09. The lowest BCUT2D eigenvalue weighted by Crippen LogP contribution is -2.17. The second kappa shape index (κ2) is 8.85. The van der Waals surface area contributed by atoms with Crippen molar-refractivity contribution in [2.24, 2.45) is 5.92 Å². The van der Waals surface area contributed by atoms with Gasteiger partial charge in [-0.2, -0.15) is 5.10 Å². The Labute approximate surface area is 185 Å². The molecule has 152 valence electrons. The Bertz CT molecular complexity index is 1100. The average molecular weight is 436 g/mol. The Hall–Kier alpha value is -2.90. The second-order valence-corrected chi connectivity index (χ2v) is 9.01. The molecule has 1 aliphatic heterocycles. The highest BCUT2D eigenvalue weighted by atomic mass is 32.2. The van der Waals surface area contributed by atoms with E-state index in [1.165, 1.54) is 11.8 Å². The molecule has 1 saturated heterocycles. The van der Waals surface area contributed by atoms with Crippen LogP contribution in [0.5, 0.6) is 5.75 Å². The highest BCUT2D eigenvalue weighted by molar-refractivity contribution is 8.26. The van der Waals surface area contributed by atoms with Gasteiger partial charge in [-0.15, -0.1) is 0 Å². The normalized spacial score (nSPS) is 15.1. The fourth-order valence-corrected chi connectivity index (χ4v) is 4.00. The first-order valence-corrected chi connectivity index (χ1v) is 10.9. The van der Waals surface area contributed by atoms with E-state index in [2.05, 4.69) is 19.2 Å². The number of aromatic nitrogens is 2. The van der Waals surface area contributed by atoms with Gasteiger partial charge in [0.05, 0.1) is 22.9 Å². The molecule has 0 spiro atoms. The van der Waals surface area contributed by atoms with E-state index in [-0.39, 0.29) is 5.91 Å². The smallest absolute Gasteiger partial charge is 0.263 e. The molecule has 3 aromatic rings. The van der Waals surface area contributed by atoms with E-state index >= 15 is 0 Å². The number of nitrogens with one attached hydrogen (secondary N) is 1. The predicted octanol–water partition coefficient (Wildman–Crippen LogP) is 5.06. The third-order valence-corrected chi connectivity index (χ3v) is 5.57. The molecule has 0 saturated carbocycles. The number of amides is 1. The molecule has 1 N–H and O–H groups in total. The quantitative estimate of drug-likeness (QED) is 0.433. The van der Waals surface area contributed by atoms with Crippen LogP contribution in [0.3, 0.4) is 0 Å². The number of hydrogen-bond acceptors (Lipinski definition) is 5. The van der Waals surface area contributed by atoms with Gasteiger partial charge in [-0.3, -0.25) is 4.79 Å². The van der Waals surface area contributed by atoms with E-state index < -0.39 is 0 Å². The van der Waals surface area contributed by atoms with Gasteiger partial charge in [-0.1, -0.05) is 56.0 Å². The number of para-hydroxylation sites is 1. The Morgan fingerprint density at radius 1 is 1.17 bits per heavy atom. The molecular weight excluding hydrogens is 414 g/mol. The summed E-state index contributed by atoms with van der Waals surface area (Å²) in [6.07, 6.45) is 3.76. The molecule has 5 nitrogen and oxygen atoms in total. The number of nitrogens with zero attached hydrogens (tertiary/aromatic N) is 2. The fourth-order valence-electron chi connectivity index (χ4n) is 2.96. The molecule has 0 bridgehead atoms. The molecule has 1 aliphatic rings. The molecule has 1 aromatic heterocycles. The third-order valence-electron chi connectivity index (χ3n) is 4.40. The van der Waals surface area contributed by atoms with Crippen LogP contribution in [0.25, 0.3) is 23.0 Å². The topological polar surface area (TPSA) is 56.1 Å². The minimum atomic E-state index is -0.180. The Balaban J connectivity index is 1.72. The summed E-state index contributed by atoms with van der Waals surface area (Å²) in [6, 6.07) is 17.7. The zero-order valence-corrected chi connectivity index (χ0v) is 18.3. The molecule has 30 heavy (non-hydrogen) atoms. The lowest BCUT2D eigenvalue weighted by atomic mass is 10.1. The van der Waals surface area contributed by atoms with Crippen molar-refractivity contribution >= 4 is 40.3 Å². The van der Waals surface area contributed by atoms with E-state index in [9.17, 15) is 4.79 Å². The van der Waals surface area contributed by atoms with Crippen LogP contribution in [0.4, 0.5) is 0 Å². The molecule has 1 fully saturated rings. The van der Waals surface area contributed by atoms with Gasteiger partial charge in [0.1, 0.15) is 10.1 Å². The maximum Gasteiger partial charge on any atom is 0.263 e. The summed E-state index contributed by atoms with van der Waals surface area (Å²) >= 11 is 6.37. The maximum atomic E-state index is 12.2. The summed E-state index contributed by atoms with van der Waals surface area (Å²) in [4.78, 5) is 12.7. The molecule has 0 atom stereocenters. The summed E-state index contributed by atoms with van der Waals surface area (Å²) < 4.78 is 8.08. The predicted molar refractivity (Wildman–Crippen MR) is 126 cm³/mol. The lowest BCUT2D eigenvalue weighted by molar-refractivity contribution is -0.115. The van der Waals surface area contributed by atoms with Crippen LogP contribution in [0.1, 0.15) is 19.4 Å². The summed E-state index contributed by atoms with van der Waals surface area (Å²) in [7, 11) is 0. The van der Waals surface area contributed by atoms with Gasteiger partial charge in [0.25, 0.3) is 5.91 Å². The summed E-state index contributed by atoms with van der Waals surface area (Å²) in [5.74, 6) is 1.11. The first-order chi connectivity index (χ1) is 14.5. The highest BCUT2D eigenvalue weighted by Gasteiger charge is 2.23. The number of thiocarbonyl (C=S) groups is 1. The number of benzene rings is 2. The highest BCUT2D eigenvalue weighted by Crippen LogP contribution is 2.31. The molecule has 0 radical (unpaired) electrons. The SMILES string of the molecule is CC(C)COc1ccc(-c2nn(-c3ccccc3)cc2C=C2SC(=S)NC2=O)cc1. The van der Waals surface area contributed by atoms with Crippen LogP contribution >= 0.6 is 24.0 Å². The Kier molecular flexibility index (Phi) is 6.01. The van der Waals surface area contributed by atoms with Crippen molar-refractivity contribution in [3.05, 3.63) is 71.3 Å². The number of thioether (sulfide) groups is 1. The van der Waals surface area contributed by atoms with Crippen molar-refractivity contribution in [1.82, 2.24) is 15.1 Å². The van der Waals surface area contributed by atoms with Crippen LogP contribution in [0.2, 0.25) is 0 Å². The molecule has 1 amide bonds. The van der Waals surface area contributed by atoms with Gasteiger partial charge in [0, 0.05) is 17.3 Å². The average Bonchev–Trinajstić information content (AvgIpc) is 3.30. The van der Waals surface area contributed by atoms with Gasteiger partial charge in [-0.25, -0.2) is 4.68 Å². The van der Waals surface area contributed by atoms with E-state index in [0.717, 1.165) is 28.3 Å². The van der Waals surface area contributed by atoms with Crippen molar-refractivity contribution in [1.29, 1.82) is 0 Å². The molecular formula is C23H21N3O2S2. The first kappa shape index (κ1) is 20.4. The molecule has 7 heteroatoms. The van der Waals surface area contributed by atoms with Gasteiger partial charge in [0.2, 0.25) is 0 Å². The van der Waals surface area contributed by atoms with Crippen molar-refractivity contribution in [3.63, 3.8) is 0 Å². The van der Waals surface area contributed by atoms with E-state index in [1.807, 2.05) is 71.6 Å². The van der Waals surface area contributed by atoms with Crippen LogP contribution in [0.15, 0.2) is 65.7 Å². The van der Waals surface area contributed by atoms with Crippen LogP contribution in [-0.2, 0) is 4.79 Å². The third kappa shape index (κ3) is 4.63. The van der Waals surface area contributed by atoms with Gasteiger partial charge < -0.3 is 10.1 Å². The minimum Gasteiger partial charge on any atom is -0.493 e. The van der Waals surface area contributed by atoms with E-state index in [1.54, 1.807) is 0 Å². The number of ether oxygens (including phenoxy) is 1. The summed E-state index contributed by atoms with van der Waals surface area (Å²) in [5.41, 5.74) is 3.52. The van der Waals surface area contributed by atoms with Gasteiger partial charge in [0.15, 0.2) is 0 Å². The minimum absolute atomic E-state index is 0.180. The molecule has 0 aliphatic carbocycles. The number of rotatable bonds is 6. The zero-order chi connectivity index (χ0) is 21.1. The van der Waals surface area contributed by atoms with Crippen molar-refractivity contribution in [3.8, 4) is 22.7 Å². The maximum absolute atomic E-state index is 12.2. The molecule has 4 rings (SSSR count). The monoisotopic (exact) mass is 435 g/mol. The molecule has 2 heterocycles. The largest absolute Gasteiger partial charge is 0.493 e. The van der Waals surface area contributed by atoms with Crippen molar-refractivity contribution in [2.45, 2.75) is 13.8 Å².